The number of aliphatic carboxylic acids is 2. The van der Waals surface area contributed by atoms with Crippen molar-refractivity contribution in [2.75, 3.05) is 13.1 Å². The van der Waals surface area contributed by atoms with E-state index in [4.69, 9.17) is 10.2 Å². The molecule has 1 saturated heterocycles. The van der Waals surface area contributed by atoms with Crippen LogP contribution in [0, 0.1) is 0 Å². The van der Waals surface area contributed by atoms with Crippen LogP contribution in [0.1, 0.15) is 6.42 Å². The molecule has 5 nitrogen and oxygen atoms in total. The zero-order chi connectivity index (χ0) is 8.43. The maximum atomic E-state index is 10.2. The lowest BCUT2D eigenvalue weighted by Gasteiger charge is -1.96. The van der Waals surface area contributed by atoms with Gasteiger partial charge in [-0.2, -0.15) is 0 Å². The van der Waals surface area contributed by atoms with Crippen molar-refractivity contribution in [3.05, 3.63) is 0 Å². The predicted molar refractivity (Wildman–Crippen MR) is 35.2 cm³/mol. The van der Waals surface area contributed by atoms with E-state index in [0.717, 1.165) is 0 Å². The molecular weight excluding hydrogens is 150 g/mol. The SMILES string of the molecule is O=C(O)CCN1CC1C(=O)O. The predicted octanol–water partition coefficient (Wildman–Crippen LogP) is -0.770. The molecule has 1 rings (SSSR count). The molecule has 0 saturated carbocycles. The van der Waals surface area contributed by atoms with Gasteiger partial charge in [-0.05, 0) is 0 Å². The number of carboxylic acids is 2. The monoisotopic (exact) mass is 159 g/mol. The van der Waals surface area contributed by atoms with Crippen molar-refractivity contribution in [3.8, 4) is 0 Å². The van der Waals surface area contributed by atoms with Gasteiger partial charge in [-0.15, -0.1) is 0 Å². The Morgan fingerprint density at radius 3 is 2.45 bits per heavy atom. The molecule has 11 heavy (non-hydrogen) atoms. The Balaban J connectivity index is 2.14. The summed E-state index contributed by atoms with van der Waals surface area (Å²) in [7, 11) is 0. The van der Waals surface area contributed by atoms with Gasteiger partial charge in [0.1, 0.15) is 6.04 Å². The lowest BCUT2D eigenvalue weighted by molar-refractivity contribution is -0.139. The highest BCUT2D eigenvalue weighted by Crippen LogP contribution is 2.16. The molecule has 2 N–H and O–H groups in total. The van der Waals surface area contributed by atoms with Gasteiger partial charge < -0.3 is 10.2 Å². The highest BCUT2D eigenvalue weighted by Gasteiger charge is 2.39. The normalized spacial score (nSPS) is 28.0. The number of rotatable bonds is 4. The molecule has 0 aromatic rings. The summed E-state index contributed by atoms with van der Waals surface area (Å²) >= 11 is 0. The molecule has 62 valence electrons. The smallest absolute Gasteiger partial charge is 0.322 e. The number of nitrogens with zero attached hydrogens (tertiary/aromatic N) is 1. The van der Waals surface area contributed by atoms with Crippen LogP contribution in [-0.2, 0) is 9.59 Å². The van der Waals surface area contributed by atoms with E-state index in [1.54, 1.807) is 4.90 Å². The average Bonchev–Trinajstić information content (AvgIpc) is 2.61. The minimum atomic E-state index is -0.888. The van der Waals surface area contributed by atoms with E-state index >= 15 is 0 Å². The van der Waals surface area contributed by atoms with E-state index in [9.17, 15) is 9.59 Å². The van der Waals surface area contributed by atoms with Crippen LogP contribution < -0.4 is 0 Å². The Bertz CT molecular complexity index is 191. The Morgan fingerprint density at radius 2 is 2.09 bits per heavy atom. The van der Waals surface area contributed by atoms with Crippen LogP contribution in [0.4, 0.5) is 0 Å². The Labute approximate surface area is 63.2 Å². The van der Waals surface area contributed by atoms with Crippen LogP contribution in [0.25, 0.3) is 0 Å². The summed E-state index contributed by atoms with van der Waals surface area (Å²) in [6, 6.07) is -0.436. The van der Waals surface area contributed by atoms with E-state index in [1.165, 1.54) is 0 Å². The topological polar surface area (TPSA) is 77.6 Å². The summed E-state index contributed by atoms with van der Waals surface area (Å²) in [5.41, 5.74) is 0. The maximum absolute atomic E-state index is 10.2. The summed E-state index contributed by atoms with van der Waals surface area (Å²) in [6.45, 7) is 0.828. The molecule has 1 fully saturated rings. The first-order chi connectivity index (χ1) is 5.11. The molecule has 0 radical (unpaired) electrons. The molecule has 1 heterocycles. The van der Waals surface area contributed by atoms with Crippen LogP contribution in [0.3, 0.4) is 0 Å². The largest absolute Gasteiger partial charge is 0.481 e. The van der Waals surface area contributed by atoms with Crippen LogP contribution in [0.5, 0.6) is 0 Å². The zero-order valence-electron chi connectivity index (χ0n) is 5.86. The number of hydrogen-bond acceptors (Lipinski definition) is 3. The third-order valence-corrected chi connectivity index (χ3v) is 1.61. The first-order valence-electron chi connectivity index (χ1n) is 3.30. The molecule has 5 heteroatoms. The molecule has 2 unspecified atom stereocenters. The second-order valence-electron chi connectivity index (χ2n) is 2.49. The standard InChI is InChI=1S/C6H9NO4/c8-5(9)1-2-7-3-4(7)6(10)11/h4H,1-3H2,(H,8,9)(H,10,11). The van der Waals surface area contributed by atoms with Gasteiger partial charge in [0.2, 0.25) is 0 Å². The summed E-state index contributed by atoms with van der Waals surface area (Å²) in [6.07, 6.45) is 0.0176. The van der Waals surface area contributed by atoms with Crippen molar-refractivity contribution in [2.45, 2.75) is 12.5 Å². The van der Waals surface area contributed by atoms with Gasteiger partial charge in [-0.25, -0.2) is 0 Å². The Hall–Kier alpha value is -1.10. The first-order valence-corrected chi connectivity index (χ1v) is 3.30. The van der Waals surface area contributed by atoms with Gasteiger partial charge in [0.15, 0.2) is 0 Å². The Morgan fingerprint density at radius 1 is 1.45 bits per heavy atom. The minimum absolute atomic E-state index is 0.0176. The lowest BCUT2D eigenvalue weighted by Crippen LogP contribution is -2.14. The van der Waals surface area contributed by atoms with Crippen molar-refractivity contribution in [3.63, 3.8) is 0 Å². The van der Waals surface area contributed by atoms with E-state index in [-0.39, 0.29) is 6.42 Å². The first kappa shape index (κ1) is 8.00. The number of carbonyl (C=O) groups is 2. The molecule has 1 aliphatic rings. The summed E-state index contributed by atoms with van der Waals surface area (Å²) in [5.74, 6) is -1.75. The van der Waals surface area contributed by atoms with Gasteiger partial charge >= 0.3 is 11.9 Å². The second kappa shape index (κ2) is 2.87. The van der Waals surface area contributed by atoms with Gasteiger partial charge in [-0.3, -0.25) is 14.5 Å². The summed E-state index contributed by atoms with van der Waals surface area (Å²) < 4.78 is 0. The van der Waals surface area contributed by atoms with Gasteiger partial charge in [-0.1, -0.05) is 0 Å². The molecule has 1 aliphatic heterocycles. The zero-order valence-corrected chi connectivity index (χ0v) is 5.86. The fourth-order valence-electron chi connectivity index (χ4n) is 0.896. The molecule has 0 aromatic heterocycles. The third kappa shape index (κ3) is 2.19. The number of carboxylic acid groups (broad SMARTS) is 2. The van der Waals surface area contributed by atoms with E-state index < -0.39 is 18.0 Å². The van der Waals surface area contributed by atoms with Crippen LogP contribution in [0.2, 0.25) is 0 Å². The van der Waals surface area contributed by atoms with E-state index in [0.29, 0.717) is 13.1 Å². The van der Waals surface area contributed by atoms with Gasteiger partial charge in [0.05, 0.1) is 6.42 Å². The fraction of sp³-hybridized carbons (Fsp3) is 0.667. The molecular formula is C6H9NO4. The summed E-state index contributed by atoms with van der Waals surface area (Å²) in [5, 5.41) is 16.6. The molecule has 0 bridgehead atoms. The summed E-state index contributed by atoms with van der Waals surface area (Å²) in [4.78, 5) is 21.9. The highest BCUT2D eigenvalue weighted by atomic mass is 16.4. The second-order valence-corrected chi connectivity index (χ2v) is 2.49. The van der Waals surface area contributed by atoms with Crippen LogP contribution in [0.15, 0.2) is 0 Å². The Kier molecular flexibility index (Phi) is 2.09. The lowest BCUT2D eigenvalue weighted by atomic mass is 10.4. The molecule has 0 aromatic carbocycles. The maximum Gasteiger partial charge on any atom is 0.322 e. The van der Waals surface area contributed by atoms with Crippen molar-refractivity contribution in [1.82, 2.24) is 4.90 Å². The van der Waals surface area contributed by atoms with Gasteiger partial charge in [0, 0.05) is 13.1 Å². The molecule has 0 amide bonds. The van der Waals surface area contributed by atoms with Crippen LogP contribution in [-0.4, -0.2) is 46.2 Å². The van der Waals surface area contributed by atoms with Gasteiger partial charge in [0.25, 0.3) is 0 Å². The highest BCUT2D eigenvalue weighted by molar-refractivity contribution is 5.77. The van der Waals surface area contributed by atoms with Crippen molar-refractivity contribution in [1.29, 1.82) is 0 Å². The molecule has 0 spiro atoms. The van der Waals surface area contributed by atoms with Crippen molar-refractivity contribution >= 4 is 11.9 Å². The number of hydrogen-bond donors (Lipinski definition) is 2. The minimum Gasteiger partial charge on any atom is -0.481 e. The quantitative estimate of drug-likeness (QED) is 0.526. The van der Waals surface area contributed by atoms with Crippen LogP contribution >= 0.6 is 0 Å². The van der Waals surface area contributed by atoms with E-state index in [2.05, 4.69) is 0 Å². The van der Waals surface area contributed by atoms with Crippen molar-refractivity contribution < 1.29 is 19.8 Å². The van der Waals surface area contributed by atoms with Crippen molar-refractivity contribution in [2.24, 2.45) is 0 Å². The molecule has 2 atom stereocenters. The third-order valence-electron chi connectivity index (χ3n) is 1.61. The average molecular weight is 159 g/mol. The molecule has 0 aliphatic carbocycles. The fourth-order valence-corrected chi connectivity index (χ4v) is 0.896. The van der Waals surface area contributed by atoms with E-state index in [1.807, 2.05) is 0 Å².